The standard InChI is InChI=1S/C19H18FN5O/c1-13-22-23-24-25(13)17-5-2-4-16(12-17)21-18(26)19(10-3-11-19)14-6-8-15(20)9-7-14/h2,4-9,12H,3,10-11H2,1H3,(H,21,26). The van der Waals surface area contributed by atoms with Crippen molar-refractivity contribution in [2.24, 2.45) is 0 Å². The predicted octanol–water partition coefficient (Wildman–Crippen LogP) is 3.17. The molecule has 7 heteroatoms. The summed E-state index contributed by atoms with van der Waals surface area (Å²) in [6.07, 6.45) is 2.50. The van der Waals surface area contributed by atoms with E-state index in [9.17, 15) is 9.18 Å². The first-order valence-corrected chi connectivity index (χ1v) is 8.51. The van der Waals surface area contributed by atoms with E-state index in [4.69, 9.17) is 0 Å². The van der Waals surface area contributed by atoms with Gasteiger partial charge in [-0.1, -0.05) is 24.6 Å². The normalized spacial score (nSPS) is 15.3. The molecule has 0 unspecified atom stereocenters. The fourth-order valence-electron chi connectivity index (χ4n) is 3.38. The van der Waals surface area contributed by atoms with Crippen LogP contribution < -0.4 is 5.32 Å². The van der Waals surface area contributed by atoms with E-state index in [1.807, 2.05) is 31.2 Å². The van der Waals surface area contributed by atoms with Gasteiger partial charge in [-0.3, -0.25) is 4.79 Å². The molecule has 1 aromatic heterocycles. The van der Waals surface area contributed by atoms with Gasteiger partial charge in [-0.05, 0) is 66.1 Å². The lowest BCUT2D eigenvalue weighted by molar-refractivity contribution is -0.124. The van der Waals surface area contributed by atoms with Crippen molar-refractivity contribution in [3.8, 4) is 5.69 Å². The number of halogens is 1. The van der Waals surface area contributed by atoms with Crippen LogP contribution in [-0.4, -0.2) is 26.1 Å². The van der Waals surface area contributed by atoms with Crippen LogP contribution in [0.4, 0.5) is 10.1 Å². The van der Waals surface area contributed by atoms with Gasteiger partial charge < -0.3 is 5.32 Å². The van der Waals surface area contributed by atoms with Crippen LogP contribution in [0.15, 0.2) is 48.5 Å². The molecular formula is C19H18FN5O. The van der Waals surface area contributed by atoms with E-state index in [1.54, 1.807) is 16.8 Å². The minimum Gasteiger partial charge on any atom is -0.325 e. The summed E-state index contributed by atoms with van der Waals surface area (Å²) in [5.41, 5.74) is 1.72. The number of anilines is 1. The fourth-order valence-corrected chi connectivity index (χ4v) is 3.38. The number of nitrogens with zero attached hydrogens (tertiary/aromatic N) is 4. The van der Waals surface area contributed by atoms with Gasteiger partial charge in [0.1, 0.15) is 5.82 Å². The Morgan fingerprint density at radius 2 is 1.96 bits per heavy atom. The van der Waals surface area contributed by atoms with E-state index < -0.39 is 5.41 Å². The van der Waals surface area contributed by atoms with Crippen molar-refractivity contribution in [3.63, 3.8) is 0 Å². The third-order valence-electron chi connectivity index (χ3n) is 5.01. The number of nitrogens with one attached hydrogen (secondary N) is 1. The largest absolute Gasteiger partial charge is 0.325 e. The second-order valence-electron chi connectivity index (χ2n) is 6.58. The lowest BCUT2D eigenvalue weighted by Crippen LogP contribution is -2.46. The third-order valence-corrected chi connectivity index (χ3v) is 5.01. The van der Waals surface area contributed by atoms with Gasteiger partial charge in [-0.15, -0.1) is 5.10 Å². The summed E-state index contributed by atoms with van der Waals surface area (Å²) in [7, 11) is 0. The molecule has 0 atom stereocenters. The Labute approximate surface area is 150 Å². The van der Waals surface area contributed by atoms with E-state index in [-0.39, 0.29) is 11.7 Å². The Morgan fingerprint density at radius 1 is 1.19 bits per heavy atom. The first-order valence-electron chi connectivity index (χ1n) is 8.51. The van der Waals surface area contributed by atoms with Gasteiger partial charge in [0, 0.05) is 5.69 Å². The molecule has 0 saturated heterocycles. The average molecular weight is 351 g/mol. The van der Waals surface area contributed by atoms with Gasteiger partial charge in [-0.25, -0.2) is 4.39 Å². The smallest absolute Gasteiger partial charge is 0.235 e. The number of amides is 1. The van der Waals surface area contributed by atoms with E-state index in [0.717, 1.165) is 30.5 Å². The van der Waals surface area contributed by atoms with Crippen molar-refractivity contribution in [2.45, 2.75) is 31.6 Å². The molecule has 26 heavy (non-hydrogen) atoms. The van der Waals surface area contributed by atoms with Crippen LogP contribution in [0.1, 0.15) is 30.7 Å². The number of benzene rings is 2. The van der Waals surface area contributed by atoms with Crippen LogP contribution in [0.2, 0.25) is 0 Å². The summed E-state index contributed by atoms with van der Waals surface area (Å²) in [5, 5.41) is 14.5. The molecule has 1 aliphatic rings. The number of hydrogen-bond donors (Lipinski definition) is 1. The molecule has 1 aliphatic carbocycles. The minimum atomic E-state index is -0.589. The molecule has 0 bridgehead atoms. The first kappa shape index (κ1) is 16.4. The number of tetrazole rings is 1. The summed E-state index contributed by atoms with van der Waals surface area (Å²) >= 11 is 0. The molecule has 1 fully saturated rings. The van der Waals surface area contributed by atoms with Crippen molar-refractivity contribution in [1.82, 2.24) is 20.2 Å². The van der Waals surface area contributed by atoms with Crippen LogP contribution in [-0.2, 0) is 10.2 Å². The molecule has 0 radical (unpaired) electrons. The SMILES string of the molecule is Cc1nnnn1-c1cccc(NC(=O)C2(c3ccc(F)cc3)CCC2)c1. The van der Waals surface area contributed by atoms with E-state index in [0.29, 0.717) is 11.5 Å². The Kier molecular flexibility index (Phi) is 3.99. The highest BCUT2D eigenvalue weighted by Gasteiger charge is 2.45. The molecule has 1 amide bonds. The quantitative estimate of drug-likeness (QED) is 0.784. The molecule has 0 aliphatic heterocycles. The Hall–Kier alpha value is -3.09. The summed E-state index contributed by atoms with van der Waals surface area (Å²) < 4.78 is 14.8. The van der Waals surface area contributed by atoms with Gasteiger partial charge in [0.25, 0.3) is 0 Å². The van der Waals surface area contributed by atoms with E-state index in [1.165, 1.54) is 12.1 Å². The Morgan fingerprint density at radius 3 is 2.58 bits per heavy atom. The summed E-state index contributed by atoms with van der Waals surface area (Å²) in [6, 6.07) is 13.6. The second kappa shape index (κ2) is 6.33. The summed E-state index contributed by atoms with van der Waals surface area (Å²) in [4.78, 5) is 13.0. The second-order valence-corrected chi connectivity index (χ2v) is 6.58. The topological polar surface area (TPSA) is 72.7 Å². The third kappa shape index (κ3) is 2.75. The van der Waals surface area contributed by atoms with Gasteiger partial charge in [0.15, 0.2) is 5.82 Å². The number of carbonyl (C=O) groups is 1. The maximum absolute atomic E-state index is 13.2. The molecule has 2 aromatic carbocycles. The van der Waals surface area contributed by atoms with Gasteiger partial charge in [0.05, 0.1) is 11.1 Å². The first-order chi connectivity index (χ1) is 12.6. The zero-order valence-corrected chi connectivity index (χ0v) is 14.3. The highest BCUT2D eigenvalue weighted by Crippen LogP contribution is 2.44. The molecule has 1 N–H and O–H groups in total. The molecule has 6 nitrogen and oxygen atoms in total. The zero-order valence-electron chi connectivity index (χ0n) is 14.3. The van der Waals surface area contributed by atoms with Crippen LogP contribution in [0.5, 0.6) is 0 Å². The number of rotatable bonds is 4. The van der Waals surface area contributed by atoms with E-state index in [2.05, 4.69) is 20.8 Å². The molecule has 1 saturated carbocycles. The molecule has 3 aromatic rings. The Balaban J connectivity index is 1.60. The predicted molar refractivity (Wildman–Crippen MR) is 94.4 cm³/mol. The molecular weight excluding hydrogens is 333 g/mol. The molecule has 0 spiro atoms. The summed E-state index contributed by atoms with van der Waals surface area (Å²) in [6.45, 7) is 1.81. The lowest BCUT2D eigenvalue weighted by Gasteiger charge is -2.40. The minimum absolute atomic E-state index is 0.0686. The van der Waals surface area contributed by atoms with Crippen LogP contribution in [0.25, 0.3) is 5.69 Å². The van der Waals surface area contributed by atoms with E-state index >= 15 is 0 Å². The van der Waals surface area contributed by atoms with Crippen LogP contribution >= 0.6 is 0 Å². The highest BCUT2D eigenvalue weighted by molar-refractivity contribution is 6.00. The van der Waals surface area contributed by atoms with Crippen molar-refractivity contribution < 1.29 is 9.18 Å². The molecule has 132 valence electrons. The van der Waals surface area contributed by atoms with Crippen LogP contribution in [0.3, 0.4) is 0 Å². The highest BCUT2D eigenvalue weighted by atomic mass is 19.1. The maximum atomic E-state index is 13.2. The number of carbonyl (C=O) groups excluding carboxylic acids is 1. The maximum Gasteiger partial charge on any atom is 0.235 e. The number of hydrogen-bond acceptors (Lipinski definition) is 4. The van der Waals surface area contributed by atoms with Crippen molar-refractivity contribution in [2.75, 3.05) is 5.32 Å². The number of aryl methyl sites for hydroxylation is 1. The van der Waals surface area contributed by atoms with Gasteiger partial charge >= 0.3 is 0 Å². The Bertz CT molecular complexity index is 947. The average Bonchev–Trinajstić information content (AvgIpc) is 3.02. The van der Waals surface area contributed by atoms with Crippen molar-refractivity contribution >= 4 is 11.6 Å². The molecule has 1 heterocycles. The summed E-state index contributed by atoms with van der Waals surface area (Å²) in [5.74, 6) is 0.296. The lowest BCUT2D eigenvalue weighted by atomic mass is 9.64. The van der Waals surface area contributed by atoms with Crippen molar-refractivity contribution in [1.29, 1.82) is 0 Å². The van der Waals surface area contributed by atoms with Gasteiger partial charge in [0.2, 0.25) is 5.91 Å². The number of aromatic nitrogens is 4. The van der Waals surface area contributed by atoms with Crippen LogP contribution in [0, 0.1) is 12.7 Å². The molecule has 4 rings (SSSR count). The monoisotopic (exact) mass is 351 g/mol. The zero-order chi connectivity index (χ0) is 18.1. The van der Waals surface area contributed by atoms with Gasteiger partial charge in [-0.2, -0.15) is 4.68 Å². The fraction of sp³-hybridized carbons (Fsp3) is 0.263. The van der Waals surface area contributed by atoms with Crippen molar-refractivity contribution in [3.05, 3.63) is 65.7 Å².